The molecule has 0 aromatic carbocycles. The van der Waals surface area contributed by atoms with Crippen molar-refractivity contribution in [2.75, 3.05) is 0 Å². The standard InChI is InChI=1S/C8H10N2O3/c1-4-5(2)9-7(10-6(4)3)13-8(11)12/h1-3H3,(H,11,12). The summed E-state index contributed by atoms with van der Waals surface area (Å²) in [6.45, 7) is 5.42. The Morgan fingerprint density at radius 3 is 2.08 bits per heavy atom. The van der Waals surface area contributed by atoms with Gasteiger partial charge in [0.15, 0.2) is 0 Å². The molecule has 0 amide bonds. The SMILES string of the molecule is Cc1nc(OC(=O)O)nc(C)c1C. The molecule has 5 nitrogen and oxygen atoms in total. The molecule has 5 heteroatoms. The number of ether oxygens (including phenoxy) is 1. The summed E-state index contributed by atoms with van der Waals surface area (Å²) in [5, 5.41) is 8.32. The average Bonchev–Trinajstić information content (AvgIpc) is 1.98. The first kappa shape index (κ1) is 9.44. The Bertz CT molecular complexity index is 326. The van der Waals surface area contributed by atoms with Gasteiger partial charge in [0.1, 0.15) is 0 Å². The molecule has 0 unspecified atom stereocenters. The number of carbonyl (C=O) groups is 1. The van der Waals surface area contributed by atoms with Gasteiger partial charge in [0.25, 0.3) is 0 Å². The molecule has 0 fully saturated rings. The lowest BCUT2D eigenvalue weighted by Gasteiger charge is -2.04. The Morgan fingerprint density at radius 1 is 1.23 bits per heavy atom. The summed E-state index contributed by atoms with van der Waals surface area (Å²) in [4.78, 5) is 17.9. The van der Waals surface area contributed by atoms with E-state index in [1.165, 1.54) is 0 Å². The number of hydrogen-bond donors (Lipinski definition) is 1. The van der Waals surface area contributed by atoms with Gasteiger partial charge < -0.3 is 9.84 Å². The predicted octanol–water partition coefficient (Wildman–Crippen LogP) is 1.46. The fourth-order valence-electron chi connectivity index (χ4n) is 0.865. The van der Waals surface area contributed by atoms with E-state index in [9.17, 15) is 4.79 Å². The molecule has 0 bridgehead atoms. The van der Waals surface area contributed by atoms with Gasteiger partial charge in [-0.2, -0.15) is 9.97 Å². The predicted molar refractivity (Wildman–Crippen MR) is 44.9 cm³/mol. The summed E-state index contributed by atoms with van der Waals surface area (Å²) < 4.78 is 4.33. The lowest BCUT2D eigenvalue weighted by molar-refractivity contribution is 0.140. The van der Waals surface area contributed by atoms with Gasteiger partial charge in [-0.15, -0.1) is 0 Å². The van der Waals surface area contributed by atoms with Gasteiger partial charge in [0.05, 0.1) is 0 Å². The van der Waals surface area contributed by atoms with Crippen molar-refractivity contribution in [3.63, 3.8) is 0 Å². The highest BCUT2D eigenvalue weighted by Crippen LogP contribution is 2.12. The zero-order valence-corrected chi connectivity index (χ0v) is 7.66. The van der Waals surface area contributed by atoms with Crippen molar-refractivity contribution in [3.8, 4) is 6.01 Å². The fourth-order valence-corrected chi connectivity index (χ4v) is 0.865. The molecule has 0 aliphatic rings. The largest absolute Gasteiger partial charge is 0.513 e. The van der Waals surface area contributed by atoms with Crippen molar-refractivity contribution in [1.29, 1.82) is 0 Å². The summed E-state index contributed by atoms with van der Waals surface area (Å²) in [7, 11) is 0. The van der Waals surface area contributed by atoms with E-state index < -0.39 is 6.16 Å². The maximum atomic E-state index is 10.2. The number of aryl methyl sites for hydroxylation is 2. The lowest BCUT2D eigenvalue weighted by Crippen LogP contribution is -2.08. The first-order valence-electron chi connectivity index (χ1n) is 3.73. The minimum atomic E-state index is -1.40. The Morgan fingerprint density at radius 2 is 1.69 bits per heavy atom. The highest BCUT2D eigenvalue weighted by molar-refractivity contribution is 5.59. The van der Waals surface area contributed by atoms with Gasteiger partial charge in [-0.1, -0.05) is 0 Å². The monoisotopic (exact) mass is 182 g/mol. The molecule has 1 aromatic heterocycles. The van der Waals surface area contributed by atoms with Crippen molar-refractivity contribution in [2.45, 2.75) is 20.8 Å². The van der Waals surface area contributed by atoms with Gasteiger partial charge in [-0.05, 0) is 26.3 Å². The summed E-state index contributed by atoms with van der Waals surface area (Å²) in [6, 6.07) is -0.117. The molecule has 1 N–H and O–H groups in total. The molecule has 0 atom stereocenters. The highest BCUT2D eigenvalue weighted by atomic mass is 16.7. The number of rotatable bonds is 1. The Hall–Kier alpha value is -1.65. The first-order chi connectivity index (χ1) is 6.00. The van der Waals surface area contributed by atoms with Gasteiger partial charge in [0.2, 0.25) is 0 Å². The van der Waals surface area contributed by atoms with E-state index in [1.807, 2.05) is 6.92 Å². The van der Waals surface area contributed by atoms with Crippen LogP contribution in [-0.4, -0.2) is 21.2 Å². The van der Waals surface area contributed by atoms with Gasteiger partial charge in [-0.25, -0.2) is 4.79 Å². The van der Waals surface area contributed by atoms with Crippen LogP contribution < -0.4 is 4.74 Å². The molecule has 0 saturated heterocycles. The molecule has 1 heterocycles. The minimum absolute atomic E-state index is 0.117. The second kappa shape index (κ2) is 3.38. The number of carboxylic acid groups (broad SMARTS) is 1. The molecule has 1 rings (SSSR count). The fraction of sp³-hybridized carbons (Fsp3) is 0.375. The van der Waals surface area contributed by atoms with Crippen LogP contribution in [0.4, 0.5) is 4.79 Å². The number of nitrogens with zero attached hydrogens (tertiary/aromatic N) is 2. The zero-order chi connectivity index (χ0) is 10.0. The lowest BCUT2D eigenvalue weighted by atomic mass is 10.2. The molecule has 0 radical (unpaired) electrons. The van der Waals surface area contributed by atoms with Crippen LogP contribution in [0.5, 0.6) is 6.01 Å². The van der Waals surface area contributed by atoms with Crippen molar-refractivity contribution in [2.24, 2.45) is 0 Å². The Balaban J connectivity index is 3.06. The van der Waals surface area contributed by atoms with Crippen LogP contribution in [0, 0.1) is 20.8 Å². The first-order valence-corrected chi connectivity index (χ1v) is 3.73. The van der Waals surface area contributed by atoms with Crippen LogP contribution in [0.3, 0.4) is 0 Å². The van der Waals surface area contributed by atoms with Gasteiger partial charge in [0, 0.05) is 11.4 Å². The molecule has 70 valence electrons. The van der Waals surface area contributed by atoms with Crippen LogP contribution in [0.25, 0.3) is 0 Å². The van der Waals surface area contributed by atoms with Crippen LogP contribution >= 0.6 is 0 Å². The van der Waals surface area contributed by atoms with Crippen molar-refractivity contribution < 1.29 is 14.6 Å². The van der Waals surface area contributed by atoms with Crippen LogP contribution in [0.15, 0.2) is 0 Å². The number of aromatic nitrogens is 2. The molecule has 0 saturated carbocycles. The van der Waals surface area contributed by atoms with E-state index >= 15 is 0 Å². The van der Waals surface area contributed by atoms with Crippen LogP contribution in [0.1, 0.15) is 17.0 Å². The molecular weight excluding hydrogens is 172 g/mol. The maximum Gasteiger partial charge on any atom is 0.513 e. The van der Waals surface area contributed by atoms with E-state index in [-0.39, 0.29) is 6.01 Å². The highest BCUT2D eigenvalue weighted by Gasteiger charge is 2.08. The normalized spacial score (nSPS) is 9.77. The van der Waals surface area contributed by atoms with Crippen LogP contribution in [0.2, 0.25) is 0 Å². The summed E-state index contributed by atoms with van der Waals surface area (Å²) >= 11 is 0. The van der Waals surface area contributed by atoms with E-state index in [0.717, 1.165) is 17.0 Å². The second-order valence-corrected chi connectivity index (χ2v) is 2.67. The van der Waals surface area contributed by atoms with E-state index in [4.69, 9.17) is 5.11 Å². The van der Waals surface area contributed by atoms with Crippen molar-refractivity contribution >= 4 is 6.16 Å². The van der Waals surface area contributed by atoms with Crippen LogP contribution in [-0.2, 0) is 0 Å². The van der Waals surface area contributed by atoms with E-state index in [2.05, 4.69) is 14.7 Å². The number of hydrogen-bond acceptors (Lipinski definition) is 4. The van der Waals surface area contributed by atoms with Crippen molar-refractivity contribution in [1.82, 2.24) is 9.97 Å². The van der Waals surface area contributed by atoms with Gasteiger partial charge >= 0.3 is 12.2 Å². The molecule has 0 aliphatic heterocycles. The summed E-state index contributed by atoms with van der Waals surface area (Å²) in [5.41, 5.74) is 2.39. The topological polar surface area (TPSA) is 72.3 Å². The van der Waals surface area contributed by atoms with E-state index in [1.54, 1.807) is 13.8 Å². The molecule has 0 spiro atoms. The summed E-state index contributed by atoms with van der Waals surface area (Å²) in [6.07, 6.45) is -1.40. The molecule has 1 aromatic rings. The van der Waals surface area contributed by atoms with Gasteiger partial charge in [-0.3, -0.25) is 0 Å². The third kappa shape index (κ3) is 2.14. The molecule has 0 aliphatic carbocycles. The quantitative estimate of drug-likeness (QED) is 0.665. The Kier molecular flexibility index (Phi) is 2.46. The molecular formula is C8H10N2O3. The summed E-state index contributed by atoms with van der Waals surface area (Å²) in [5.74, 6) is 0. The smallest absolute Gasteiger partial charge is 0.449 e. The Labute approximate surface area is 75.4 Å². The van der Waals surface area contributed by atoms with E-state index in [0.29, 0.717) is 0 Å². The molecule has 13 heavy (non-hydrogen) atoms. The third-order valence-corrected chi connectivity index (χ3v) is 1.79. The third-order valence-electron chi connectivity index (χ3n) is 1.79. The second-order valence-electron chi connectivity index (χ2n) is 2.67. The van der Waals surface area contributed by atoms with Crippen molar-refractivity contribution in [3.05, 3.63) is 17.0 Å². The zero-order valence-electron chi connectivity index (χ0n) is 7.66. The maximum absolute atomic E-state index is 10.2. The average molecular weight is 182 g/mol. The minimum Gasteiger partial charge on any atom is -0.449 e.